The van der Waals surface area contributed by atoms with Crippen molar-refractivity contribution < 1.29 is 5.11 Å². The maximum Gasteiger partial charge on any atom is 0.261 e. The third-order valence-corrected chi connectivity index (χ3v) is 5.46. The molecule has 0 aliphatic carbocycles. The first-order chi connectivity index (χ1) is 15.6. The molecule has 8 nitrogen and oxygen atoms in total. The van der Waals surface area contributed by atoms with Gasteiger partial charge in [-0.3, -0.25) is 4.79 Å². The number of aryl methyl sites for hydroxylation is 1. The number of hydrogen-bond donors (Lipinski definition) is 3. The third kappa shape index (κ3) is 3.67. The van der Waals surface area contributed by atoms with Crippen LogP contribution in [-0.2, 0) is 0 Å². The Morgan fingerprint density at radius 3 is 2.81 bits per heavy atom. The van der Waals surface area contributed by atoms with E-state index in [0.29, 0.717) is 23.6 Å². The Bertz CT molecular complexity index is 1420. The summed E-state index contributed by atoms with van der Waals surface area (Å²) in [6.45, 7) is 2.36. The van der Waals surface area contributed by atoms with E-state index >= 15 is 0 Å². The van der Waals surface area contributed by atoms with Gasteiger partial charge in [0.2, 0.25) is 0 Å². The number of nitrogens with zero attached hydrogens (tertiary/aromatic N) is 3. The average molecular weight is 427 g/mol. The standard InChI is InChI=1S/C24H22N6O2/c1-15-11-17(30-10-9-25-14-30)12-19-22(15)29-23(28-19)21-18(7-8-26-24(21)32)27-13-20(31)16-5-3-2-4-6-16/h2-12,14,20,31H,13H2,1H3,(H,28,29)(H2,26,27,32)/p+1/t20-/m1/s1. The number of pyridine rings is 1. The summed E-state index contributed by atoms with van der Waals surface area (Å²) in [7, 11) is 0. The first-order valence-electron chi connectivity index (χ1n) is 10.3. The fourth-order valence-corrected chi connectivity index (χ4v) is 3.83. The molecular weight excluding hydrogens is 404 g/mol. The topological polar surface area (TPSA) is 114 Å². The SMILES string of the molecule is Cc1cc(-n2ccnc2)cc2[nH]c(-c3c(NC[C@@H]([OH2+])c4ccccc4)cc[nH]c3=O)nc12. The van der Waals surface area contributed by atoms with Crippen LogP contribution in [0, 0.1) is 6.92 Å². The van der Waals surface area contributed by atoms with Gasteiger partial charge in [0.25, 0.3) is 5.56 Å². The number of aromatic amines is 2. The number of aromatic nitrogens is 5. The summed E-state index contributed by atoms with van der Waals surface area (Å²) in [6.07, 6.45) is 6.49. The van der Waals surface area contributed by atoms with E-state index in [2.05, 4.69) is 20.3 Å². The summed E-state index contributed by atoms with van der Waals surface area (Å²) in [6, 6.07) is 15.4. The Hall–Kier alpha value is -4.17. The smallest absolute Gasteiger partial charge is 0.261 e. The number of rotatable bonds is 6. The first-order valence-corrected chi connectivity index (χ1v) is 10.3. The molecule has 3 aromatic heterocycles. The van der Waals surface area contributed by atoms with Gasteiger partial charge in [0, 0.05) is 29.8 Å². The Balaban J connectivity index is 1.51. The first kappa shape index (κ1) is 19.8. The minimum atomic E-state index is -0.459. The fourth-order valence-electron chi connectivity index (χ4n) is 3.83. The molecule has 3 heterocycles. The maximum absolute atomic E-state index is 12.8. The van der Waals surface area contributed by atoms with Crippen LogP contribution in [0.4, 0.5) is 5.69 Å². The minimum Gasteiger partial charge on any atom is -0.438 e. The number of benzene rings is 2. The van der Waals surface area contributed by atoms with Crippen molar-refractivity contribution in [3.05, 3.63) is 94.9 Å². The molecule has 160 valence electrons. The predicted molar refractivity (Wildman–Crippen MR) is 125 cm³/mol. The lowest BCUT2D eigenvalue weighted by molar-refractivity contribution is 0.191. The van der Waals surface area contributed by atoms with Gasteiger partial charge in [0.05, 0.1) is 29.6 Å². The van der Waals surface area contributed by atoms with E-state index in [0.717, 1.165) is 27.8 Å². The quantitative estimate of drug-likeness (QED) is 0.361. The zero-order valence-electron chi connectivity index (χ0n) is 17.5. The molecule has 0 unspecified atom stereocenters. The van der Waals surface area contributed by atoms with Gasteiger partial charge >= 0.3 is 0 Å². The lowest BCUT2D eigenvalue weighted by atomic mass is 10.1. The van der Waals surface area contributed by atoms with Gasteiger partial charge in [-0.25, -0.2) is 9.97 Å². The van der Waals surface area contributed by atoms with Crippen LogP contribution in [0.3, 0.4) is 0 Å². The van der Waals surface area contributed by atoms with Crippen LogP contribution in [0.5, 0.6) is 0 Å². The molecule has 0 radical (unpaired) electrons. The Labute approximate surface area is 183 Å². The summed E-state index contributed by atoms with van der Waals surface area (Å²) in [5, 5.41) is 11.7. The van der Waals surface area contributed by atoms with Gasteiger partial charge in [-0.05, 0) is 30.7 Å². The summed E-state index contributed by atoms with van der Waals surface area (Å²) in [5.74, 6) is 0.483. The molecular formula is C24H23N6O2+. The highest BCUT2D eigenvalue weighted by Crippen LogP contribution is 2.28. The molecule has 0 bridgehead atoms. The normalized spacial score (nSPS) is 12.2. The molecule has 0 saturated carbocycles. The highest BCUT2D eigenvalue weighted by molar-refractivity contribution is 5.86. The van der Waals surface area contributed by atoms with Crippen molar-refractivity contribution in [3.63, 3.8) is 0 Å². The molecule has 2 aromatic carbocycles. The summed E-state index contributed by atoms with van der Waals surface area (Å²) >= 11 is 0. The van der Waals surface area contributed by atoms with Crippen molar-refractivity contribution in [1.29, 1.82) is 0 Å². The predicted octanol–water partition coefficient (Wildman–Crippen LogP) is 3.29. The highest BCUT2D eigenvalue weighted by Gasteiger charge is 2.18. The second-order valence-corrected chi connectivity index (χ2v) is 7.65. The van der Waals surface area contributed by atoms with Gasteiger partial charge < -0.3 is 25.0 Å². The van der Waals surface area contributed by atoms with Crippen molar-refractivity contribution in [2.45, 2.75) is 13.0 Å². The monoisotopic (exact) mass is 427 g/mol. The lowest BCUT2D eigenvalue weighted by Crippen LogP contribution is -2.17. The van der Waals surface area contributed by atoms with Crippen molar-refractivity contribution in [2.75, 3.05) is 11.9 Å². The van der Waals surface area contributed by atoms with Crippen LogP contribution >= 0.6 is 0 Å². The number of imidazole rings is 2. The zero-order valence-corrected chi connectivity index (χ0v) is 17.5. The Morgan fingerprint density at radius 1 is 1.19 bits per heavy atom. The van der Waals surface area contributed by atoms with Crippen molar-refractivity contribution in [2.24, 2.45) is 0 Å². The van der Waals surface area contributed by atoms with E-state index in [1.807, 2.05) is 60.2 Å². The molecule has 0 saturated heterocycles. The number of H-pyrrole nitrogens is 2. The van der Waals surface area contributed by atoms with Crippen LogP contribution in [0.2, 0.25) is 0 Å². The number of fused-ring (bicyclic) bond motifs is 1. The minimum absolute atomic E-state index is 0.247. The van der Waals surface area contributed by atoms with Gasteiger partial charge in [-0.1, -0.05) is 30.3 Å². The van der Waals surface area contributed by atoms with E-state index in [1.54, 1.807) is 24.8 Å². The average Bonchev–Trinajstić information content (AvgIpc) is 3.48. The molecule has 1 atom stereocenters. The van der Waals surface area contributed by atoms with Gasteiger partial charge in [0.1, 0.15) is 11.4 Å². The Kier molecular flexibility index (Phi) is 5.04. The number of hydrogen-bond acceptors (Lipinski definition) is 4. The van der Waals surface area contributed by atoms with Gasteiger partial charge in [-0.15, -0.1) is 0 Å². The van der Waals surface area contributed by atoms with Crippen molar-refractivity contribution in [3.8, 4) is 17.1 Å². The van der Waals surface area contributed by atoms with E-state index in [4.69, 9.17) is 10.1 Å². The molecule has 8 heteroatoms. The second kappa shape index (κ2) is 8.16. The summed E-state index contributed by atoms with van der Waals surface area (Å²) in [5.41, 5.74) is 5.32. The summed E-state index contributed by atoms with van der Waals surface area (Å²) < 4.78 is 1.92. The van der Waals surface area contributed by atoms with Crippen molar-refractivity contribution >= 4 is 16.7 Å². The van der Waals surface area contributed by atoms with Crippen LogP contribution in [-0.4, -0.2) is 36.2 Å². The van der Waals surface area contributed by atoms with Crippen molar-refractivity contribution in [1.82, 2.24) is 24.5 Å². The molecule has 0 aliphatic rings. The molecule has 0 aliphatic heterocycles. The maximum atomic E-state index is 12.8. The molecule has 0 amide bonds. The lowest BCUT2D eigenvalue weighted by Gasteiger charge is -2.12. The fraction of sp³-hybridized carbons (Fsp3) is 0.125. The van der Waals surface area contributed by atoms with E-state index in [9.17, 15) is 4.79 Å². The van der Waals surface area contributed by atoms with E-state index < -0.39 is 6.10 Å². The molecule has 32 heavy (non-hydrogen) atoms. The second-order valence-electron chi connectivity index (χ2n) is 7.65. The van der Waals surface area contributed by atoms with E-state index in [-0.39, 0.29) is 5.56 Å². The molecule has 5 rings (SSSR count). The van der Waals surface area contributed by atoms with Gasteiger partial charge in [0.15, 0.2) is 6.10 Å². The molecule has 0 fully saturated rings. The highest BCUT2D eigenvalue weighted by atomic mass is 16.3. The number of anilines is 1. The molecule has 0 spiro atoms. The summed E-state index contributed by atoms with van der Waals surface area (Å²) in [4.78, 5) is 27.6. The third-order valence-electron chi connectivity index (χ3n) is 5.46. The van der Waals surface area contributed by atoms with E-state index in [1.165, 1.54) is 0 Å². The molecule has 5 aromatic rings. The zero-order chi connectivity index (χ0) is 22.1. The van der Waals surface area contributed by atoms with Crippen LogP contribution < -0.4 is 10.9 Å². The largest absolute Gasteiger partial charge is 0.438 e. The van der Waals surface area contributed by atoms with Gasteiger partial charge in [-0.2, -0.15) is 0 Å². The van der Waals surface area contributed by atoms with Crippen LogP contribution in [0.25, 0.3) is 28.1 Å². The van der Waals surface area contributed by atoms with Crippen LogP contribution in [0.1, 0.15) is 17.2 Å². The Morgan fingerprint density at radius 2 is 2.03 bits per heavy atom. The number of nitrogens with one attached hydrogen (secondary N) is 3. The molecule has 5 N–H and O–H groups in total. The van der Waals surface area contributed by atoms with Crippen LogP contribution in [0.15, 0.2) is 78.2 Å².